The number of Topliss-reactive ketones (excluding diaryl/α,β-unsaturated/α-hetero) is 1. The van der Waals surface area contributed by atoms with Crippen molar-refractivity contribution in [2.24, 2.45) is 5.92 Å². The van der Waals surface area contributed by atoms with E-state index < -0.39 is 11.9 Å². The molecule has 2 heterocycles. The van der Waals surface area contributed by atoms with Gasteiger partial charge in [-0.15, -0.1) is 0 Å². The van der Waals surface area contributed by atoms with Gasteiger partial charge in [0.25, 0.3) is 5.91 Å². The normalized spacial score (nSPS) is 19.1. The van der Waals surface area contributed by atoms with Crippen LogP contribution in [0, 0.1) is 11.7 Å². The lowest BCUT2D eigenvalue weighted by Crippen LogP contribution is -2.32. The quantitative estimate of drug-likeness (QED) is 0.659. The van der Waals surface area contributed by atoms with Crippen molar-refractivity contribution in [2.45, 2.75) is 58.7 Å². The number of ether oxygens (including phenoxy) is 2. The van der Waals surface area contributed by atoms with E-state index in [1.165, 1.54) is 11.0 Å². The number of pyridine rings is 1. The summed E-state index contributed by atoms with van der Waals surface area (Å²) < 4.78 is 26.2. The van der Waals surface area contributed by atoms with Crippen LogP contribution in [0.15, 0.2) is 30.5 Å². The van der Waals surface area contributed by atoms with E-state index in [4.69, 9.17) is 9.47 Å². The second-order valence-corrected chi connectivity index (χ2v) is 8.40. The number of hydrogen-bond donors (Lipinski definition) is 0. The molecule has 1 aliphatic carbocycles. The van der Waals surface area contributed by atoms with Crippen LogP contribution in [0.2, 0.25) is 0 Å². The minimum atomic E-state index is -0.681. The fourth-order valence-electron chi connectivity index (χ4n) is 4.19. The van der Waals surface area contributed by atoms with Crippen LogP contribution in [0.3, 0.4) is 0 Å². The van der Waals surface area contributed by atoms with E-state index in [1.807, 2.05) is 0 Å². The molecule has 2 aromatic rings. The summed E-state index contributed by atoms with van der Waals surface area (Å²) in [6, 6.07) is 6.43. The molecule has 1 unspecified atom stereocenters. The third-order valence-corrected chi connectivity index (χ3v) is 5.96. The smallest absolute Gasteiger partial charge is 0.268 e. The van der Waals surface area contributed by atoms with Crippen molar-refractivity contribution in [2.75, 3.05) is 11.4 Å². The Hall–Kier alpha value is -2.96. The Bertz CT molecular complexity index is 990. The summed E-state index contributed by atoms with van der Waals surface area (Å²) in [6.45, 7) is 6.68. The fourth-order valence-corrected chi connectivity index (χ4v) is 4.19. The van der Waals surface area contributed by atoms with Gasteiger partial charge in [-0.1, -0.05) is 20.8 Å². The minimum Gasteiger partial charge on any atom is -0.479 e. The minimum absolute atomic E-state index is 0.0774. The SMILES string of the molecule is CCC(Oc1ccc(O[C@@H]2CCN(c3cc(F)c4c(c3)C(=O)CC4)C2=O)cn1)C(C)C. The third-order valence-electron chi connectivity index (χ3n) is 5.96. The molecule has 6 nitrogen and oxygen atoms in total. The third kappa shape index (κ3) is 4.27. The van der Waals surface area contributed by atoms with Crippen LogP contribution < -0.4 is 14.4 Å². The molecular weight excluding hydrogens is 399 g/mol. The van der Waals surface area contributed by atoms with Crippen molar-refractivity contribution < 1.29 is 23.5 Å². The lowest BCUT2D eigenvalue weighted by atomic mass is 10.1. The number of aromatic nitrogens is 1. The van der Waals surface area contributed by atoms with Crippen molar-refractivity contribution in [1.29, 1.82) is 0 Å². The molecule has 1 amide bonds. The Morgan fingerprint density at radius 3 is 2.71 bits per heavy atom. The Morgan fingerprint density at radius 1 is 1.23 bits per heavy atom. The van der Waals surface area contributed by atoms with E-state index in [0.29, 0.717) is 60.2 Å². The van der Waals surface area contributed by atoms with Crippen molar-refractivity contribution >= 4 is 17.4 Å². The van der Waals surface area contributed by atoms with E-state index in [2.05, 4.69) is 25.8 Å². The lowest BCUT2D eigenvalue weighted by Gasteiger charge is -2.20. The maximum Gasteiger partial charge on any atom is 0.268 e. The summed E-state index contributed by atoms with van der Waals surface area (Å²) in [5.41, 5.74) is 1.24. The molecule has 7 heteroatoms. The van der Waals surface area contributed by atoms with E-state index >= 15 is 0 Å². The van der Waals surface area contributed by atoms with E-state index in [-0.39, 0.29) is 17.8 Å². The number of anilines is 1. The van der Waals surface area contributed by atoms with Crippen molar-refractivity contribution in [3.63, 3.8) is 0 Å². The predicted octanol–water partition coefficient (Wildman–Crippen LogP) is 4.35. The molecule has 4 rings (SSSR count). The first-order valence-corrected chi connectivity index (χ1v) is 10.8. The Labute approximate surface area is 181 Å². The maximum absolute atomic E-state index is 14.4. The number of rotatable bonds is 7. The average Bonchev–Trinajstić information content (AvgIpc) is 3.30. The number of fused-ring (bicyclic) bond motifs is 1. The van der Waals surface area contributed by atoms with Gasteiger partial charge in [0.1, 0.15) is 17.7 Å². The summed E-state index contributed by atoms with van der Waals surface area (Å²) in [5, 5.41) is 0. The summed E-state index contributed by atoms with van der Waals surface area (Å²) in [7, 11) is 0. The van der Waals surface area contributed by atoms with Crippen LogP contribution >= 0.6 is 0 Å². The molecule has 31 heavy (non-hydrogen) atoms. The van der Waals surface area contributed by atoms with Gasteiger partial charge in [0, 0.05) is 36.7 Å². The van der Waals surface area contributed by atoms with Crippen LogP contribution in [-0.4, -0.2) is 35.4 Å². The largest absolute Gasteiger partial charge is 0.479 e. The first-order chi connectivity index (χ1) is 14.9. The first kappa shape index (κ1) is 21.3. The van der Waals surface area contributed by atoms with Gasteiger partial charge in [0.15, 0.2) is 11.9 Å². The molecule has 164 valence electrons. The highest BCUT2D eigenvalue weighted by Gasteiger charge is 2.36. The number of hydrogen-bond acceptors (Lipinski definition) is 5. The molecule has 1 fully saturated rings. The summed E-state index contributed by atoms with van der Waals surface area (Å²) in [4.78, 5) is 30.7. The fraction of sp³-hybridized carbons (Fsp3) is 0.458. The van der Waals surface area contributed by atoms with Gasteiger partial charge in [-0.05, 0) is 42.5 Å². The zero-order chi connectivity index (χ0) is 22.1. The molecule has 0 spiro atoms. The molecule has 0 N–H and O–H groups in total. The standard InChI is InChI=1S/C24H27FN2O4/c1-4-21(14(2)3)31-23-8-5-16(13-26-23)30-22-9-10-27(24(22)29)15-11-18-17(19(25)12-15)6-7-20(18)28/h5,8,11-14,21-22H,4,6-7,9-10H2,1-3H3/t21?,22-/m1/s1. The van der Waals surface area contributed by atoms with Gasteiger partial charge in [0.05, 0.1) is 6.20 Å². The molecule has 0 saturated carbocycles. The molecule has 0 radical (unpaired) electrons. The van der Waals surface area contributed by atoms with Gasteiger partial charge in [-0.25, -0.2) is 9.37 Å². The van der Waals surface area contributed by atoms with Gasteiger partial charge >= 0.3 is 0 Å². The monoisotopic (exact) mass is 426 g/mol. The number of ketones is 1. The lowest BCUT2D eigenvalue weighted by molar-refractivity contribution is -0.122. The zero-order valence-electron chi connectivity index (χ0n) is 18.1. The highest BCUT2D eigenvalue weighted by molar-refractivity contribution is 6.04. The second kappa shape index (κ2) is 8.65. The predicted molar refractivity (Wildman–Crippen MR) is 114 cm³/mol. The molecule has 0 bridgehead atoms. The van der Waals surface area contributed by atoms with Crippen molar-refractivity contribution in [3.8, 4) is 11.6 Å². The van der Waals surface area contributed by atoms with Gasteiger partial charge in [0.2, 0.25) is 5.88 Å². The van der Waals surface area contributed by atoms with Gasteiger partial charge in [-0.3, -0.25) is 9.59 Å². The number of carbonyl (C=O) groups excluding carboxylic acids is 2. The van der Waals surface area contributed by atoms with Crippen molar-refractivity contribution in [3.05, 3.63) is 47.4 Å². The second-order valence-electron chi connectivity index (χ2n) is 8.40. The highest BCUT2D eigenvalue weighted by Crippen LogP contribution is 2.32. The Morgan fingerprint density at radius 2 is 2.03 bits per heavy atom. The molecule has 1 aromatic heterocycles. The number of benzene rings is 1. The molecule has 2 atom stereocenters. The first-order valence-electron chi connectivity index (χ1n) is 10.8. The molecule has 1 aromatic carbocycles. The van der Waals surface area contributed by atoms with Gasteiger partial charge in [-0.2, -0.15) is 0 Å². The summed E-state index contributed by atoms with van der Waals surface area (Å²) in [5.74, 6) is 0.611. The summed E-state index contributed by atoms with van der Waals surface area (Å²) >= 11 is 0. The molecule has 1 saturated heterocycles. The van der Waals surface area contributed by atoms with E-state index in [9.17, 15) is 14.0 Å². The van der Waals surface area contributed by atoms with Crippen LogP contribution in [0.1, 0.15) is 56.0 Å². The average molecular weight is 426 g/mol. The maximum atomic E-state index is 14.4. The highest BCUT2D eigenvalue weighted by atomic mass is 19.1. The van der Waals surface area contributed by atoms with E-state index in [0.717, 1.165) is 6.42 Å². The number of nitrogens with zero attached hydrogens (tertiary/aromatic N) is 2. The molecule has 1 aliphatic heterocycles. The van der Waals surface area contributed by atoms with Crippen LogP contribution in [0.25, 0.3) is 0 Å². The number of halogens is 1. The number of carbonyl (C=O) groups is 2. The Balaban J connectivity index is 1.43. The van der Waals surface area contributed by atoms with Crippen LogP contribution in [0.5, 0.6) is 11.6 Å². The van der Waals surface area contributed by atoms with Gasteiger partial charge < -0.3 is 14.4 Å². The van der Waals surface area contributed by atoms with E-state index in [1.54, 1.807) is 24.4 Å². The molecule has 2 aliphatic rings. The zero-order valence-corrected chi connectivity index (χ0v) is 18.1. The Kier molecular flexibility index (Phi) is 5.94. The van der Waals surface area contributed by atoms with Crippen LogP contribution in [-0.2, 0) is 11.2 Å². The van der Waals surface area contributed by atoms with Crippen LogP contribution in [0.4, 0.5) is 10.1 Å². The topological polar surface area (TPSA) is 68.7 Å². The van der Waals surface area contributed by atoms with Crippen molar-refractivity contribution in [1.82, 2.24) is 4.98 Å². The number of amides is 1. The molecular formula is C24H27FN2O4. The summed E-state index contributed by atoms with van der Waals surface area (Å²) in [6.07, 6.45) is 3.05.